The molecule has 1 fully saturated rings. The van der Waals surface area contributed by atoms with Gasteiger partial charge < -0.3 is 15.4 Å². The fraction of sp³-hybridized carbons (Fsp3) is 0.412. The third-order valence-electron chi connectivity index (χ3n) is 4.20. The van der Waals surface area contributed by atoms with Gasteiger partial charge in [-0.2, -0.15) is 5.10 Å². The van der Waals surface area contributed by atoms with Crippen LogP contribution in [0.2, 0.25) is 0 Å². The third-order valence-corrected chi connectivity index (χ3v) is 4.20. The van der Waals surface area contributed by atoms with Gasteiger partial charge in [0.25, 0.3) is 0 Å². The minimum atomic E-state index is -0.402. The number of hydrogen-bond donors (Lipinski definition) is 2. The van der Waals surface area contributed by atoms with E-state index in [2.05, 4.69) is 15.7 Å². The lowest BCUT2D eigenvalue weighted by Gasteiger charge is -2.17. The average Bonchev–Trinajstić information content (AvgIpc) is 3.21. The Morgan fingerprint density at radius 3 is 2.96 bits per heavy atom. The zero-order valence-electron chi connectivity index (χ0n) is 13.9. The molecule has 0 radical (unpaired) electrons. The molecule has 25 heavy (non-hydrogen) atoms. The average molecular weight is 369 g/mol. The van der Waals surface area contributed by atoms with Crippen molar-refractivity contribution in [3.8, 4) is 5.75 Å². The summed E-state index contributed by atoms with van der Waals surface area (Å²) in [6, 6.07) is 6.22. The number of ether oxygens (including phenoxy) is 1. The fourth-order valence-electron chi connectivity index (χ4n) is 2.96. The van der Waals surface area contributed by atoms with Crippen molar-refractivity contribution in [1.29, 1.82) is 0 Å². The van der Waals surface area contributed by atoms with Gasteiger partial charge in [-0.1, -0.05) is 12.1 Å². The normalized spacial score (nSPS) is 19.3. The number of nitrogens with one attached hydrogen (secondary N) is 2. The van der Waals surface area contributed by atoms with Crippen LogP contribution in [0.4, 0.5) is 4.39 Å². The van der Waals surface area contributed by atoms with Gasteiger partial charge in [0.15, 0.2) is 11.6 Å². The largest absolute Gasteiger partial charge is 0.489 e. The standard InChI is InChI=1S/C17H21FN4O2.ClH/c1-22-11-12(8-21-22)13-9-19-10-14(13)17(23)20-6-7-24-16-5-3-2-4-15(16)18;/h2-5,8,11,13-14,19H,6-7,9-10H2,1H3,(H,20,23);1H/t13-,14+;/m1./s1. The summed E-state index contributed by atoms with van der Waals surface area (Å²) in [7, 11) is 1.86. The first-order valence-corrected chi connectivity index (χ1v) is 7.99. The number of aromatic nitrogens is 2. The molecule has 136 valence electrons. The SMILES string of the molecule is Cl.Cn1cc([C@H]2CNC[C@@H]2C(=O)NCCOc2ccccc2F)cn1. The maximum atomic E-state index is 13.4. The van der Waals surface area contributed by atoms with E-state index in [1.54, 1.807) is 29.1 Å². The molecule has 2 atom stereocenters. The van der Waals surface area contributed by atoms with Gasteiger partial charge in [-0.05, 0) is 17.7 Å². The van der Waals surface area contributed by atoms with Crippen LogP contribution in [0, 0.1) is 11.7 Å². The van der Waals surface area contributed by atoms with Crippen molar-refractivity contribution in [2.45, 2.75) is 5.92 Å². The van der Waals surface area contributed by atoms with Crippen molar-refractivity contribution in [3.63, 3.8) is 0 Å². The number of amides is 1. The lowest BCUT2D eigenvalue weighted by molar-refractivity contribution is -0.124. The number of nitrogens with zero attached hydrogens (tertiary/aromatic N) is 2. The fourth-order valence-corrected chi connectivity index (χ4v) is 2.96. The van der Waals surface area contributed by atoms with Gasteiger partial charge >= 0.3 is 0 Å². The van der Waals surface area contributed by atoms with E-state index in [9.17, 15) is 9.18 Å². The van der Waals surface area contributed by atoms with Crippen molar-refractivity contribution in [2.75, 3.05) is 26.2 Å². The van der Waals surface area contributed by atoms with Gasteiger partial charge in [-0.15, -0.1) is 12.4 Å². The summed E-state index contributed by atoms with van der Waals surface area (Å²) in [5.41, 5.74) is 1.06. The molecule has 0 bridgehead atoms. The Bertz CT molecular complexity index is 709. The lowest BCUT2D eigenvalue weighted by atomic mass is 9.90. The summed E-state index contributed by atoms with van der Waals surface area (Å²) in [4.78, 5) is 12.4. The summed E-state index contributed by atoms with van der Waals surface area (Å²) in [6.07, 6.45) is 3.75. The first-order valence-electron chi connectivity index (χ1n) is 7.99. The zero-order valence-corrected chi connectivity index (χ0v) is 14.8. The Kier molecular flexibility index (Phi) is 6.78. The molecule has 8 heteroatoms. The second-order valence-electron chi connectivity index (χ2n) is 5.89. The van der Waals surface area contributed by atoms with Crippen molar-refractivity contribution in [3.05, 3.63) is 48.0 Å². The van der Waals surface area contributed by atoms with E-state index < -0.39 is 5.82 Å². The van der Waals surface area contributed by atoms with Crippen molar-refractivity contribution in [2.24, 2.45) is 13.0 Å². The van der Waals surface area contributed by atoms with Crippen LogP contribution in [0.25, 0.3) is 0 Å². The predicted octanol–water partition coefficient (Wildman–Crippen LogP) is 1.48. The van der Waals surface area contributed by atoms with Crippen LogP contribution in [0.5, 0.6) is 5.75 Å². The number of halogens is 2. The van der Waals surface area contributed by atoms with Crippen molar-refractivity contribution >= 4 is 18.3 Å². The molecule has 0 aliphatic carbocycles. The van der Waals surface area contributed by atoms with Gasteiger partial charge in [-0.3, -0.25) is 9.48 Å². The highest BCUT2D eigenvalue weighted by Gasteiger charge is 2.34. The van der Waals surface area contributed by atoms with Gasteiger partial charge in [0, 0.05) is 32.3 Å². The second kappa shape index (κ2) is 8.82. The predicted molar refractivity (Wildman–Crippen MR) is 94.5 cm³/mol. The van der Waals surface area contributed by atoms with Crippen LogP contribution in [-0.2, 0) is 11.8 Å². The Hall–Kier alpha value is -2.12. The molecule has 1 saturated heterocycles. The molecule has 2 aromatic rings. The van der Waals surface area contributed by atoms with Crippen molar-refractivity contribution in [1.82, 2.24) is 20.4 Å². The van der Waals surface area contributed by atoms with E-state index in [1.807, 2.05) is 13.2 Å². The number of rotatable bonds is 6. The quantitative estimate of drug-likeness (QED) is 0.758. The lowest BCUT2D eigenvalue weighted by Crippen LogP contribution is -2.36. The summed E-state index contributed by atoms with van der Waals surface area (Å²) in [5.74, 6) is -0.247. The first kappa shape index (κ1) is 19.2. The molecule has 6 nitrogen and oxygen atoms in total. The summed E-state index contributed by atoms with van der Waals surface area (Å²) < 4.78 is 20.5. The molecule has 2 heterocycles. The van der Waals surface area contributed by atoms with Gasteiger partial charge in [-0.25, -0.2) is 4.39 Å². The molecule has 0 saturated carbocycles. The summed E-state index contributed by atoms with van der Waals surface area (Å²) in [6.45, 7) is 1.96. The van der Waals surface area contributed by atoms with E-state index in [0.717, 1.165) is 12.1 Å². The maximum Gasteiger partial charge on any atom is 0.225 e. The molecule has 1 aliphatic rings. The number of benzene rings is 1. The monoisotopic (exact) mass is 368 g/mol. The Labute approximate surface area is 152 Å². The topological polar surface area (TPSA) is 68.2 Å². The van der Waals surface area contributed by atoms with Crippen LogP contribution >= 0.6 is 12.4 Å². The zero-order chi connectivity index (χ0) is 16.9. The van der Waals surface area contributed by atoms with Crippen LogP contribution in [0.1, 0.15) is 11.5 Å². The Morgan fingerprint density at radius 1 is 1.44 bits per heavy atom. The number of carbonyl (C=O) groups excluding carboxylic acids is 1. The molecule has 1 amide bonds. The van der Waals surface area contributed by atoms with Gasteiger partial charge in [0.2, 0.25) is 5.91 Å². The molecule has 1 aliphatic heterocycles. The molecule has 3 rings (SSSR count). The van der Waals surface area contributed by atoms with E-state index in [-0.39, 0.29) is 42.5 Å². The van der Waals surface area contributed by atoms with E-state index >= 15 is 0 Å². The molecule has 0 spiro atoms. The van der Waals surface area contributed by atoms with Crippen LogP contribution in [0.3, 0.4) is 0 Å². The molecular formula is C17H22ClFN4O2. The Morgan fingerprint density at radius 2 is 2.24 bits per heavy atom. The van der Waals surface area contributed by atoms with Crippen LogP contribution < -0.4 is 15.4 Å². The Balaban J connectivity index is 0.00000225. The third kappa shape index (κ3) is 4.70. The number of hydrogen-bond acceptors (Lipinski definition) is 4. The smallest absolute Gasteiger partial charge is 0.225 e. The molecular weight excluding hydrogens is 347 g/mol. The second-order valence-corrected chi connectivity index (χ2v) is 5.89. The van der Waals surface area contributed by atoms with Gasteiger partial charge in [0.05, 0.1) is 18.7 Å². The van der Waals surface area contributed by atoms with E-state index in [1.165, 1.54) is 6.07 Å². The molecule has 1 aromatic carbocycles. The first-order chi connectivity index (χ1) is 11.6. The minimum absolute atomic E-state index is 0. The summed E-state index contributed by atoms with van der Waals surface area (Å²) in [5, 5.41) is 10.3. The minimum Gasteiger partial charge on any atom is -0.489 e. The van der Waals surface area contributed by atoms with Crippen LogP contribution in [-0.4, -0.2) is 41.9 Å². The summed E-state index contributed by atoms with van der Waals surface area (Å²) >= 11 is 0. The van der Waals surface area contributed by atoms with E-state index in [4.69, 9.17) is 4.74 Å². The highest BCUT2D eigenvalue weighted by Crippen LogP contribution is 2.27. The van der Waals surface area contributed by atoms with Crippen LogP contribution in [0.15, 0.2) is 36.7 Å². The molecule has 0 unspecified atom stereocenters. The number of carbonyl (C=O) groups is 1. The van der Waals surface area contributed by atoms with E-state index in [0.29, 0.717) is 13.1 Å². The number of para-hydroxylation sites is 1. The highest BCUT2D eigenvalue weighted by molar-refractivity contribution is 5.85. The number of aryl methyl sites for hydroxylation is 1. The maximum absolute atomic E-state index is 13.4. The van der Waals surface area contributed by atoms with Crippen molar-refractivity contribution < 1.29 is 13.9 Å². The molecule has 2 N–H and O–H groups in total. The highest BCUT2D eigenvalue weighted by atomic mass is 35.5. The molecule has 1 aromatic heterocycles. The van der Waals surface area contributed by atoms with Gasteiger partial charge in [0.1, 0.15) is 6.61 Å².